The van der Waals surface area contributed by atoms with Crippen molar-refractivity contribution in [3.63, 3.8) is 0 Å². The molecule has 114 valence electrons. The third-order valence-electron chi connectivity index (χ3n) is 4.57. The number of benzene rings is 1. The zero-order valence-corrected chi connectivity index (χ0v) is 12.4. The molecule has 1 atom stereocenters. The van der Waals surface area contributed by atoms with E-state index in [1.165, 1.54) is 24.0 Å². The van der Waals surface area contributed by atoms with Gasteiger partial charge in [-0.3, -0.25) is 4.79 Å². The number of carbonyl (C=O) groups is 1. The molecular weight excluding hydrogens is 264 g/mol. The lowest BCUT2D eigenvalue weighted by Crippen LogP contribution is -2.36. The maximum atomic E-state index is 11.9. The zero-order chi connectivity index (χ0) is 14.7. The van der Waals surface area contributed by atoms with Crippen molar-refractivity contribution in [1.82, 2.24) is 5.32 Å². The number of nitrogens with one attached hydrogen (secondary N) is 1. The van der Waals surface area contributed by atoms with Crippen LogP contribution in [0.2, 0.25) is 0 Å². The Labute approximate surface area is 126 Å². The molecule has 2 aliphatic carbocycles. The van der Waals surface area contributed by atoms with Crippen molar-refractivity contribution >= 4 is 5.91 Å². The van der Waals surface area contributed by atoms with Crippen LogP contribution in [-0.2, 0) is 11.2 Å². The van der Waals surface area contributed by atoms with E-state index in [2.05, 4.69) is 11.4 Å². The van der Waals surface area contributed by atoms with Crippen LogP contribution in [0.1, 0.15) is 55.7 Å². The van der Waals surface area contributed by atoms with Gasteiger partial charge in [0, 0.05) is 12.1 Å². The number of hydrogen-bond acceptors (Lipinski definition) is 3. The van der Waals surface area contributed by atoms with E-state index >= 15 is 0 Å². The Balaban J connectivity index is 1.55. The van der Waals surface area contributed by atoms with Crippen LogP contribution in [-0.4, -0.2) is 18.6 Å². The van der Waals surface area contributed by atoms with Crippen LogP contribution in [0.25, 0.3) is 0 Å². The quantitative estimate of drug-likeness (QED) is 0.894. The van der Waals surface area contributed by atoms with Crippen LogP contribution in [0.5, 0.6) is 5.75 Å². The first-order valence-corrected chi connectivity index (χ1v) is 8.03. The Morgan fingerprint density at radius 3 is 2.86 bits per heavy atom. The van der Waals surface area contributed by atoms with E-state index in [4.69, 9.17) is 10.5 Å². The van der Waals surface area contributed by atoms with Gasteiger partial charge in [0.15, 0.2) is 6.61 Å². The smallest absolute Gasteiger partial charge is 0.258 e. The highest BCUT2D eigenvalue weighted by Crippen LogP contribution is 2.30. The molecule has 0 radical (unpaired) electrons. The second kappa shape index (κ2) is 6.48. The predicted molar refractivity (Wildman–Crippen MR) is 82.2 cm³/mol. The third kappa shape index (κ3) is 3.56. The molecule has 0 unspecified atom stereocenters. The van der Waals surface area contributed by atoms with Crippen molar-refractivity contribution in [2.24, 2.45) is 5.73 Å². The molecule has 4 nitrogen and oxygen atoms in total. The lowest BCUT2D eigenvalue weighted by Gasteiger charge is -2.22. The second-order valence-corrected chi connectivity index (χ2v) is 6.20. The molecule has 1 aromatic rings. The molecule has 3 N–H and O–H groups in total. The number of amides is 1. The molecule has 0 spiro atoms. The number of nitrogens with two attached hydrogens (primary N) is 1. The Morgan fingerprint density at radius 1 is 1.24 bits per heavy atom. The molecule has 1 aromatic carbocycles. The van der Waals surface area contributed by atoms with Gasteiger partial charge in [-0.25, -0.2) is 0 Å². The molecule has 0 heterocycles. The average molecular weight is 288 g/mol. The molecule has 1 amide bonds. The van der Waals surface area contributed by atoms with Crippen LogP contribution in [0.3, 0.4) is 0 Å². The van der Waals surface area contributed by atoms with E-state index in [9.17, 15) is 4.79 Å². The van der Waals surface area contributed by atoms with E-state index < -0.39 is 0 Å². The van der Waals surface area contributed by atoms with Crippen LogP contribution in [0.4, 0.5) is 0 Å². The van der Waals surface area contributed by atoms with Crippen molar-refractivity contribution in [3.8, 4) is 5.75 Å². The summed E-state index contributed by atoms with van der Waals surface area (Å²) in [4.78, 5) is 11.9. The molecule has 0 aliphatic heterocycles. The molecular formula is C17H24N2O2. The van der Waals surface area contributed by atoms with E-state index in [0.717, 1.165) is 37.9 Å². The Morgan fingerprint density at radius 2 is 2.05 bits per heavy atom. The fraction of sp³-hybridized carbons (Fsp3) is 0.588. The van der Waals surface area contributed by atoms with Crippen LogP contribution in [0, 0.1) is 0 Å². The molecule has 0 aromatic heterocycles. The topological polar surface area (TPSA) is 64.3 Å². The standard InChI is InChI=1S/C17H24N2O2/c18-16-7-3-4-12-8-9-14(10-15(12)16)21-11-17(20)19-13-5-1-2-6-13/h8-10,13,16H,1-7,11,18H2,(H,19,20)/t16-/m0/s1. The fourth-order valence-electron chi connectivity index (χ4n) is 3.39. The molecule has 0 bridgehead atoms. The van der Waals surface area contributed by atoms with Crippen molar-refractivity contribution in [1.29, 1.82) is 0 Å². The van der Waals surface area contributed by atoms with Crippen LogP contribution < -0.4 is 15.8 Å². The third-order valence-corrected chi connectivity index (χ3v) is 4.57. The average Bonchev–Trinajstić information content (AvgIpc) is 2.98. The van der Waals surface area contributed by atoms with Gasteiger partial charge in [-0.2, -0.15) is 0 Å². The van der Waals surface area contributed by atoms with E-state index in [0.29, 0.717) is 6.04 Å². The fourth-order valence-corrected chi connectivity index (χ4v) is 3.39. The molecule has 1 saturated carbocycles. The summed E-state index contributed by atoms with van der Waals surface area (Å²) in [6, 6.07) is 6.47. The first-order valence-electron chi connectivity index (χ1n) is 8.03. The highest BCUT2D eigenvalue weighted by molar-refractivity contribution is 5.77. The summed E-state index contributed by atoms with van der Waals surface area (Å²) in [5.74, 6) is 0.719. The highest BCUT2D eigenvalue weighted by Gasteiger charge is 2.19. The van der Waals surface area contributed by atoms with Crippen molar-refractivity contribution < 1.29 is 9.53 Å². The van der Waals surface area contributed by atoms with Gasteiger partial charge in [0.2, 0.25) is 0 Å². The minimum atomic E-state index is -0.0241. The van der Waals surface area contributed by atoms with Gasteiger partial charge in [0.1, 0.15) is 5.75 Å². The Bertz CT molecular complexity index is 510. The molecule has 21 heavy (non-hydrogen) atoms. The Kier molecular flexibility index (Phi) is 4.44. The molecule has 2 aliphatic rings. The monoisotopic (exact) mass is 288 g/mol. The second-order valence-electron chi connectivity index (χ2n) is 6.20. The van der Waals surface area contributed by atoms with E-state index in [1.54, 1.807) is 0 Å². The maximum Gasteiger partial charge on any atom is 0.258 e. The first kappa shape index (κ1) is 14.4. The predicted octanol–water partition coefficient (Wildman–Crippen LogP) is 2.46. The number of hydrogen-bond donors (Lipinski definition) is 2. The van der Waals surface area contributed by atoms with Gasteiger partial charge in [-0.15, -0.1) is 0 Å². The summed E-state index contributed by atoms with van der Waals surface area (Å²) in [7, 11) is 0. The largest absolute Gasteiger partial charge is 0.484 e. The summed E-state index contributed by atoms with van der Waals surface area (Å²) in [6.07, 6.45) is 7.89. The number of rotatable bonds is 4. The minimum absolute atomic E-state index is 0.0241. The number of ether oxygens (including phenoxy) is 1. The summed E-state index contributed by atoms with van der Waals surface area (Å²) < 4.78 is 5.62. The van der Waals surface area contributed by atoms with Crippen LogP contribution in [0.15, 0.2) is 18.2 Å². The SMILES string of the molecule is N[C@H]1CCCc2ccc(OCC(=O)NC3CCCC3)cc21. The Hall–Kier alpha value is -1.55. The molecule has 4 heteroatoms. The lowest BCUT2D eigenvalue weighted by molar-refractivity contribution is -0.123. The van der Waals surface area contributed by atoms with E-state index in [1.807, 2.05) is 12.1 Å². The van der Waals surface area contributed by atoms with Gasteiger partial charge in [0.05, 0.1) is 0 Å². The molecule has 0 saturated heterocycles. The summed E-state index contributed by atoms with van der Waals surface area (Å²) >= 11 is 0. The van der Waals surface area contributed by atoms with Gasteiger partial charge in [-0.05, 0) is 55.4 Å². The maximum absolute atomic E-state index is 11.9. The zero-order valence-electron chi connectivity index (χ0n) is 12.4. The first-order chi connectivity index (χ1) is 10.2. The molecule has 3 rings (SSSR count). The van der Waals surface area contributed by atoms with Crippen molar-refractivity contribution in [3.05, 3.63) is 29.3 Å². The summed E-state index contributed by atoms with van der Waals surface area (Å²) in [5.41, 5.74) is 8.64. The highest BCUT2D eigenvalue weighted by atomic mass is 16.5. The molecule has 1 fully saturated rings. The summed E-state index contributed by atoms with van der Waals surface area (Å²) in [6.45, 7) is 0.0878. The number of fused-ring (bicyclic) bond motifs is 1. The summed E-state index contributed by atoms with van der Waals surface area (Å²) in [5, 5.41) is 3.03. The number of carbonyl (C=O) groups excluding carboxylic acids is 1. The van der Waals surface area contributed by atoms with Gasteiger partial charge >= 0.3 is 0 Å². The minimum Gasteiger partial charge on any atom is -0.484 e. The van der Waals surface area contributed by atoms with Crippen LogP contribution >= 0.6 is 0 Å². The normalized spacial score (nSPS) is 21.9. The lowest BCUT2D eigenvalue weighted by atomic mass is 9.88. The van der Waals surface area contributed by atoms with Gasteiger partial charge in [-0.1, -0.05) is 18.9 Å². The van der Waals surface area contributed by atoms with E-state index in [-0.39, 0.29) is 18.6 Å². The van der Waals surface area contributed by atoms with Gasteiger partial charge in [0.25, 0.3) is 5.91 Å². The van der Waals surface area contributed by atoms with Crippen molar-refractivity contribution in [2.45, 2.75) is 57.0 Å². The number of aryl methyl sites for hydroxylation is 1. The van der Waals surface area contributed by atoms with Crippen molar-refractivity contribution in [2.75, 3.05) is 6.61 Å². The van der Waals surface area contributed by atoms with Gasteiger partial charge < -0.3 is 15.8 Å².